The van der Waals surface area contributed by atoms with Gasteiger partial charge in [-0.1, -0.05) is 11.2 Å². The number of rotatable bonds is 5. The number of pyridine rings is 2. The third-order valence-corrected chi connectivity index (χ3v) is 6.89. The first-order valence-electron chi connectivity index (χ1n) is 10.9. The predicted molar refractivity (Wildman–Crippen MR) is 132 cm³/mol. The average molecular weight is 476 g/mol. The van der Waals surface area contributed by atoms with E-state index in [1.165, 1.54) is 0 Å². The molecule has 0 aliphatic carbocycles. The number of nitrogens with zero attached hydrogens (tertiary/aromatic N) is 5. The molecule has 0 N–H and O–H groups in total. The van der Waals surface area contributed by atoms with Gasteiger partial charge in [-0.25, -0.2) is 4.98 Å². The van der Waals surface area contributed by atoms with E-state index in [2.05, 4.69) is 10.1 Å². The van der Waals surface area contributed by atoms with E-state index in [1.807, 2.05) is 62.6 Å². The minimum Gasteiger partial charge on any atom is -0.496 e. The summed E-state index contributed by atoms with van der Waals surface area (Å²) in [5.41, 5.74) is 6.60. The number of imidazole rings is 1. The molecule has 0 aliphatic rings. The maximum Gasteiger partial charge on any atom is 0.200 e. The van der Waals surface area contributed by atoms with Crippen LogP contribution in [0.4, 0.5) is 0 Å². The second-order valence-electron chi connectivity index (χ2n) is 8.36. The molecule has 9 heteroatoms. The summed E-state index contributed by atoms with van der Waals surface area (Å²) in [7, 11) is 0.325. The molecule has 4 aromatic heterocycles. The van der Waals surface area contributed by atoms with Crippen LogP contribution in [0.3, 0.4) is 0 Å². The third-order valence-electron chi connectivity index (χ3n) is 6.09. The van der Waals surface area contributed by atoms with Gasteiger partial charge in [0, 0.05) is 22.9 Å². The monoisotopic (exact) mass is 475 g/mol. The van der Waals surface area contributed by atoms with Crippen molar-refractivity contribution in [2.24, 2.45) is 0 Å². The Kier molecular flexibility index (Phi) is 5.44. The van der Waals surface area contributed by atoms with Crippen LogP contribution in [0.5, 0.6) is 5.75 Å². The molecular weight excluding hydrogens is 450 g/mol. The Labute approximate surface area is 199 Å². The van der Waals surface area contributed by atoms with Crippen LogP contribution in [0.1, 0.15) is 35.8 Å². The third kappa shape index (κ3) is 3.47. The van der Waals surface area contributed by atoms with Crippen molar-refractivity contribution in [1.29, 1.82) is 0 Å². The van der Waals surface area contributed by atoms with Crippen molar-refractivity contribution in [2.45, 2.75) is 38.9 Å². The van der Waals surface area contributed by atoms with Crippen LogP contribution in [0.2, 0.25) is 0 Å². The first kappa shape index (κ1) is 22.2. The molecule has 5 aromatic rings. The van der Waals surface area contributed by atoms with Crippen molar-refractivity contribution in [3.63, 3.8) is 0 Å². The fourth-order valence-corrected chi connectivity index (χ4v) is 5.26. The van der Waals surface area contributed by atoms with E-state index in [1.54, 1.807) is 19.6 Å². The van der Waals surface area contributed by atoms with Crippen molar-refractivity contribution < 1.29 is 13.5 Å². The summed E-state index contributed by atoms with van der Waals surface area (Å²) >= 11 is 0. The van der Waals surface area contributed by atoms with Gasteiger partial charge in [0.1, 0.15) is 17.0 Å². The predicted octanol–water partition coefficient (Wildman–Crippen LogP) is 4.92. The molecule has 2 atom stereocenters. The number of benzene rings is 1. The summed E-state index contributed by atoms with van der Waals surface area (Å²) in [6.45, 7) is 7.78. The lowest BCUT2D eigenvalue weighted by Gasteiger charge is -2.18. The van der Waals surface area contributed by atoms with Crippen molar-refractivity contribution in [1.82, 2.24) is 24.7 Å². The molecule has 8 nitrogen and oxygen atoms in total. The molecule has 0 fully saturated rings. The highest BCUT2D eigenvalue weighted by atomic mass is 32.2. The SMILES string of the molecule is COc1cc2c(cc1-c1c(C)noc1C)ncc1nc(S(C)=O)n([C@H](C)c3cccc(C)n3)c12. The Balaban J connectivity index is 1.84. The highest BCUT2D eigenvalue weighted by molar-refractivity contribution is 7.84. The zero-order chi connectivity index (χ0) is 24.1. The lowest BCUT2D eigenvalue weighted by Crippen LogP contribution is -2.13. The van der Waals surface area contributed by atoms with Gasteiger partial charge in [0.05, 0.1) is 58.1 Å². The van der Waals surface area contributed by atoms with Crippen LogP contribution < -0.4 is 4.74 Å². The fourth-order valence-electron chi connectivity index (χ4n) is 4.51. The molecule has 0 amide bonds. The molecule has 1 aromatic carbocycles. The molecule has 34 heavy (non-hydrogen) atoms. The summed E-state index contributed by atoms with van der Waals surface area (Å²) < 4.78 is 25.9. The quantitative estimate of drug-likeness (QED) is 0.356. The number of hydrogen-bond donors (Lipinski definition) is 0. The van der Waals surface area contributed by atoms with Gasteiger partial charge < -0.3 is 13.8 Å². The average Bonchev–Trinajstić information content (AvgIpc) is 3.37. The zero-order valence-corrected chi connectivity index (χ0v) is 20.7. The largest absolute Gasteiger partial charge is 0.496 e. The highest BCUT2D eigenvalue weighted by Crippen LogP contribution is 2.40. The van der Waals surface area contributed by atoms with E-state index in [9.17, 15) is 4.21 Å². The minimum atomic E-state index is -1.31. The molecule has 0 saturated heterocycles. The van der Waals surface area contributed by atoms with Crippen molar-refractivity contribution >= 4 is 32.7 Å². The number of methoxy groups -OCH3 is 1. The van der Waals surface area contributed by atoms with Gasteiger partial charge in [0.25, 0.3) is 0 Å². The van der Waals surface area contributed by atoms with E-state index in [4.69, 9.17) is 19.2 Å². The number of ether oxygens (including phenoxy) is 1. The molecule has 0 aliphatic heterocycles. The van der Waals surface area contributed by atoms with E-state index in [0.29, 0.717) is 22.2 Å². The number of aromatic nitrogens is 5. The Morgan fingerprint density at radius 2 is 1.91 bits per heavy atom. The van der Waals surface area contributed by atoms with Gasteiger partial charge in [-0.3, -0.25) is 14.2 Å². The van der Waals surface area contributed by atoms with Crippen LogP contribution in [0.15, 0.2) is 46.2 Å². The zero-order valence-electron chi connectivity index (χ0n) is 19.9. The van der Waals surface area contributed by atoms with E-state index in [-0.39, 0.29) is 6.04 Å². The van der Waals surface area contributed by atoms with Gasteiger partial charge in [-0.2, -0.15) is 0 Å². The molecular formula is C25H25N5O3S. The molecule has 4 heterocycles. The molecule has 0 saturated carbocycles. The second-order valence-corrected chi connectivity index (χ2v) is 9.63. The Hall–Kier alpha value is -3.59. The van der Waals surface area contributed by atoms with E-state index in [0.717, 1.165) is 44.6 Å². The standard InChI is InChI=1S/C25H25N5O3S/c1-13-8-7-9-19(27-13)15(3)30-24-17-11-22(32-5)18(23-14(2)29-33-16(23)4)10-20(17)26-12-21(24)28-25(30)34(6)31/h7-12,15H,1-6H3/t15-,34?/m1/s1. The summed E-state index contributed by atoms with van der Waals surface area (Å²) in [5, 5.41) is 5.43. The van der Waals surface area contributed by atoms with Crippen molar-refractivity contribution in [2.75, 3.05) is 13.4 Å². The van der Waals surface area contributed by atoms with Gasteiger partial charge in [0.2, 0.25) is 0 Å². The Bertz CT molecular complexity index is 1570. The summed E-state index contributed by atoms with van der Waals surface area (Å²) in [5.74, 6) is 1.38. The summed E-state index contributed by atoms with van der Waals surface area (Å²) in [6, 6.07) is 9.67. The first-order chi connectivity index (χ1) is 16.3. The van der Waals surface area contributed by atoms with Crippen LogP contribution >= 0.6 is 0 Å². The summed E-state index contributed by atoms with van der Waals surface area (Å²) in [4.78, 5) is 14.1. The van der Waals surface area contributed by atoms with Gasteiger partial charge in [-0.15, -0.1) is 0 Å². The van der Waals surface area contributed by atoms with Gasteiger partial charge in [-0.05, 0) is 52.0 Å². The fraction of sp³-hybridized carbons (Fsp3) is 0.280. The molecule has 1 unspecified atom stereocenters. The maximum absolute atomic E-state index is 12.7. The van der Waals surface area contributed by atoms with E-state index < -0.39 is 10.8 Å². The number of aryl methyl sites for hydroxylation is 3. The van der Waals surface area contributed by atoms with E-state index >= 15 is 0 Å². The topological polar surface area (TPSA) is 95.9 Å². The lowest BCUT2D eigenvalue weighted by atomic mass is 10.0. The maximum atomic E-state index is 12.7. The smallest absolute Gasteiger partial charge is 0.200 e. The lowest BCUT2D eigenvalue weighted by molar-refractivity contribution is 0.393. The van der Waals surface area contributed by atoms with Gasteiger partial charge in [0.15, 0.2) is 5.16 Å². The number of hydrogen-bond acceptors (Lipinski definition) is 7. The summed E-state index contributed by atoms with van der Waals surface area (Å²) in [6.07, 6.45) is 3.37. The number of fused-ring (bicyclic) bond motifs is 3. The molecule has 174 valence electrons. The van der Waals surface area contributed by atoms with Crippen LogP contribution in [0.25, 0.3) is 33.1 Å². The minimum absolute atomic E-state index is 0.192. The second kappa shape index (κ2) is 8.32. The molecule has 0 bridgehead atoms. The normalized spacial score (nSPS) is 13.5. The Morgan fingerprint density at radius 3 is 2.56 bits per heavy atom. The van der Waals surface area contributed by atoms with Crippen LogP contribution in [-0.2, 0) is 10.8 Å². The van der Waals surface area contributed by atoms with Crippen LogP contribution in [0, 0.1) is 20.8 Å². The van der Waals surface area contributed by atoms with Crippen molar-refractivity contribution in [3.05, 3.63) is 59.4 Å². The molecule has 0 spiro atoms. The van der Waals surface area contributed by atoms with Crippen molar-refractivity contribution in [3.8, 4) is 16.9 Å². The Morgan fingerprint density at radius 1 is 1.12 bits per heavy atom. The van der Waals surface area contributed by atoms with Crippen LogP contribution in [-0.4, -0.2) is 42.3 Å². The first-order valence-corrected chi connectivity index (χ1v) is 12.4. The molecule has 5 rings (SSSR count). The highest BCUT2D eigenvalue weighted by Gasteiger charge is 2.24. The van der Waals surface area contributed by atoms with Gasteiger partial charge >= 0.3 is 0 Å². The molecule has 0 radical (unpaired) electrons.